The second-order valence-corrected chi connectivity index (χ2v) is 3.89. The maximum absolute atomic E-state index is 10.8. The third-order valence-electron chi connectivity index (χ3n) is 2.65. The molecule has 0 aliphatic carbocycles. The molecule has 0 aliphatic heterocycles. The number of H-pyrrole nitrogens is 1. The Bertz CT molecular complexity index is 768. The minimum Gasteiger partial charge on any atom is -0.388 e. The van der Waals surface area contributed by atoms with Gasteiger partial charge in [-0.2, -0.15) is 0 Å². The summed E-state index contributed by atoms with van der Waals surface area (Å²) in [7, 11) is 0. The van der Waals surface area contributed by atoms with Crippen LogP contribution in [-0.4, -0.2) is 10.2 Å². The summed E-state index contributed by atoms with van der Waals surface area (Å²) in [6.45, 7) is 0. The monoisotopic (exact) mass is 238 g/mol. The van der Waals surface area contributed by atoms with Crippen molar-refractivity contribution < 1.29 is 4.42 Å². The zero-order valence-electron chi connectivity index (χ0n) is 9.46. The molecular weight excluding hydrogens is 228 g/mol. The van der Waals surface area contributed by atoms with Crippen molar-refractivity contribution in [1.82, 2.24) is 10.2 Å². The lowest BCUT2D eigenvalue weighted by Gasteiger charge is -1.98. The average molecular weight is 238 g/mol. The quantitative estimate of drug-likeness (QED) is 0.746. The predicted octanol–water partition coefficient (Wildman–Crippen LogP) is 2.69. The molecular formula is C14H10N2O2. The second kappa shape index (κ2) is 4.33. The SMILES string of the molecule is O=c1[nH]nc(C=Cc2ccc3ccccc3c2)o1. The molecule has 3 aromatic rings. The van der Waals surface area contributed by atoms with Crippen molar-refractivity contribution in [2.24, 2.45) is 0 Å². The van der Waals surface area contributed by atoms with Gasteiger partial charge in [0.1, 0.15) is 0 Å². The van der Waals surface area contributed by atoms with Crippen LogP contribution in [0.3, 0.4) is 0 Å². The maximum Gasteiger partial charge on any atom is 0.434 e. The first-order chi connectivity index (χ1) is 8.81. The van der Waals surface area contributed by atoms with Crippen LogP contribution in [0.4, 0.5) is 0 Å². The molecule has 4 heteroatoms. The molecule has 0 amide bonds. The molecule has 0 aliphatic rings. The van der Waals surface area contributed by atoms with E-state index in [0.717, 1.165) is 5.56 Å². The molecule has 88 valence electrons. The number of aromatic nitrogens is 2. The fourth-order valence-corrected chi connectivity index (χ4v) is 1.79. The first-order valence-corrected chi connectivity index (χ1v) is 5.54. The minimum absolute atomic E-state index is 0.271. The smallest absolute Gasteiger partial charge is 0.388 e. The van der Waals surface area contributed by atoms with Gasteiger partial charge in [-0.05, 0) is 28.5 Å². The van der Waals surface area contributed by atoms with Crippen molar-refractivity contribution in [3.8, 4) is 0 Å². The molecule has 1 N–H and O–H groups in total. The third kappa shape index (κ3) is 2.08. The Morgan fingerprint density at radius 1 is 1.06 bits per heavy atom. The van der Waals surface area contributed by atoms with Gasteiger partial charge in [0.25, 0.3) is 0 Å². The first-order valence-electron chi connectivity index (χ1n) is 5.54. The molecule has 3 rings (SSSR count). The topological polar surface area (TPSA) is 58.9 Å². The van der Waals surface area contributed by atoms with Gasteiger partial charge in [0.2, 0.25) is 5.89 Å². The lowest BCUT2D eigenvalue weighted by atomic mass is 10.1. The minimum atomic E-state index is -0.548. The van der Waals surface area contributed by atoms with E-state index in [1.54, 1.807) is 6.08 Å². The van der Waals surface area contributed by atoms with Gasteiger partial charge in [0, 0.05) is 6.08 Å². The Balaban J connectivity index is 1.95. The van der Waals surface area contributed by atoms with E-state index in [-0.39, 0.29) is 5.89 Å². The number of rotatable bonds is 2. The van der Waals surface area contributed by atoms with Crippen molar-refractivity contribution in [2.45, 2.75) is 0 Å². The predicted molar refractivity (Wildman–Crippen MR) is 70.0 cm³/mol. The number of aromatic amines is 1. The Hall–Kier alpha value is -2.62. The number of nitrogens with zero attached hydrogens (tertiary/aromatic N) is 1. The summed E-state index contributed by atoms with van der Waals surface area (Å²) in [6.07, 6.45) is 3.51. The van der Waals surface area contributed by atoms with Gasteiger partial charge >= 0.3 is 5.76 Å². The standard InChI is InChI=1S/C14H10N2O2/c17-14-16-15-13(18-14)8-6-10-5-7-11-3-1-2-4-12(11)9-10/h1-9H,(H,16,17). The van der Waals surface area contributed by atoms with Crippen LogP contribution < -0.4 is 5.76 Å². The van der Waals surface area contributed by atoms with Crippen molar-refractivity contribution in [2.75, 3.05) is 0 Å². The summed E-state index contributed by atoms with van der Waals surface area (Å²) >= 11 is 0. The molecule has 1 heterocycles. The van der Waals surface area contributed by atoms with Crippen LogP contribution in [0.15, 0.2) is 51.7 Å². The Kier molecular flexibility index (Phi) is 2.53. The molecule has 2 aromatic carbocycles. The van der Waals surface area contributed by atoms with Crippen LogP contribution >= 0.6 is 0 Å². The number of fused-ring (bicyclic) bond motifs is 1. The van der Waals surface area contributed by atoms with Gasteiger partial charge in [-0.25, -0.2) is 9.89 Å². The summed E-state index contributed by atoms with van der Waals surface area (Å²) in [5, 5.41) is 8.28. The van der Waals surface area contributed by atoms with Crippen molar-refractivity contribution in [3.63, 3.8) is 0 Å². The lowest BCUT2D eigenvalue weighted by molar-refractivity contribution is 0.504. The van der Waals surface area contributed by atoms with Gasteiger partial charge in [0.15, 0.2) is 0 Å². The molecule has 0 saturated heterocycles. The van der Waals surface area contributed by atoms with E-state index in [9.17, 15) is 4.79 Å². The molecule has 0 atom stereocenters. The van der Waals surface area contributed by atoms with Crippen LogP contribution in [0.25, 0.3) is 22.9 Å². The van der Waals surface area contributed by atoms with E-state index in [0.29, 0.717) is 0 Å². The molecule has 0 saturated carbocycles. The van der Waals surface area contributed by atoms with Crippen LogP contribution in [-0.2, 0) is 0 Å². The van der Waals surface area contributed by atoms with E-state index in [1.165, 1.54) is 10.8 Å². The summed E-state index contributed by atoms with van der Waals surface area (Å²) in [5.74, 6) is -0.277. The molecule has 0 fully saturated rings. The highest BCUT2D eigenvalue weighted by atomic mass is 16.4. The fraction of sp³-hybridized carbons (Fsp3) is 0. The van der Waals surface area contributed by atoms with Gasteiger partial charge in [-0.1, -0.05) is 36.4 Å². The largest absolute Gasteiger partial charge is 0.434 e. The van der Waals surface area contributed by atoms with Crippen LogP contribution in [0.5, 0.6) is 0 Å². The Morgan fingerprint density at radius 2 is 1.89 bits per heavy atom. The Morgan fingerprint density at radius 3 is 2.67 bits per heavy atom. The van der Waals surface area contributed by atoms with Crippen LogP contribution in [0, 0.1) is 0 Å². The highest BCUT2D eigenvalue weighted by Crippen LogP contribution is 2.16. The number of hydrogen-bond acceptors (Lipinski definition) is 3. The van der Waals surface area contributed by atoms with E-state index in [1.807, 2.05) is 24.3 Å². The van der Waals surface area contributed by atoms with Crippen molar-refractivity contribution in [1.29, 1.82) is 0 Å². The average Bonchev–Trinajstić information content (AvgIpc) is 2.82. The van der Waals surface area contributed by atoms with Gasteiger partial charge < -0.3 is 4.42 Å². The molecule has 18 heavy (non-hydrogen) atoms. The van der Waals surface area contributed by atoms with E-state index < -0.39 is 5.76 Å². The Labute approximate surface area is 103 Å². The van der Waals surface area contributed by atoms with Crippen LogP contribution in [0.1, 0.15) is 11.5 Å². The highest BCUT2D eigenvalue weighted by molar-refractivity contribution is 5.85. The zero-order valence-corrected chi connectivity index (χ0v) is 9.46. The van der Waals surface area contributed by atoms with Gasteiger partial charge in [0.05, 0.1) is 0 Å². The van der Waals surface area contributed by atoms with Crippen LogP contribution in [0.2, 0.25) is 0 Å². The fourth-order valence-electron chi connectivity index (χ4n) is 1.79. The maximum atomic E-state index is 10.8. The third-order valence-corrected chi connectivity index (χ3v) is 2.65. The molecule has 0 unspecified atom stereocenters. The number of hydrogen-bond donors (Lipinski definition) is 1. The molecule has 1 aromatic heterocycles. The molecule has 0 bridgehead atoms. The van der Waals surface area contributed by atoms with E-state index >= 15 is 0 Å². The molecule has 4 nitrogen and oxygen atoms in total. The lowest BCUT2D eigenvalue weighted by Crippen LogP contribution is -1.93. The van der Waals surface area contributed by atoms with E-state index in [2.05, 4.69) is 34.5 Å². The summed E-state index contributed by atoms with van der Waals surface area (Å²) < 4.78 is 4.78. The molecule has 0 radical (unpaired) electrons. The van der Waals surface area contributed by atoms with Gasteiger partial charge in [-0.15, -0.1) is 5.10 Å². The number of nitrogens with one attached hydrogen (secondary N) is 1. The molecule has 0 spiro atoms. The van der Waals surface area contributed by atoms with Crippen molar-refractivity contribution in [3.05, 3.63) is 64.5 Å². The summed E-state index contributed by atoms with van der Waals surface area (Å²) in [4.78, 5) is 10.8. The first kappa shape index (κ1) is 10.5. The highest BCUT2D eigenvalue weighted by Gasteiger charge is 1.96. The van der Waals surface area contributed by atoms with Crippen molar-refractivity contribution >= 4 is 22.9 Å². The summed E-state index contributed by atoms with van der Waals surface area (Å²) in [6, 6.07) is 14.3. The summed E-state index contributed by atoms with van der Waals surface area (Å²) in [5.41, 5.74) is 1.03. The second-order valence-electron chi connectivity index (χ2n) is 3.89. The van der Waals surface area contributed by atoms with E-state index in [4.69, 9.17) is 4.42 Å². The van der Waals surface area contributed by atoms with Gasteiger partial charge in [-0.3, -0.25) is 0 Å². The zero-order chi connectivity index (χ0) is 12.4. The number of benzene rings is 2. The normalized spacial score (nSPS) is 11.3.